The summed E-state index contributed by atoms with van der Waals surface area (Å²) in [6, 6.07) is 15.9. The molecule has 3 nitrogen and oxygen atoms in total. The average molecular weight is 348 g/mol. The minimum atomic E-state index is 0.288. The van der Waals surface area contributed by atoms with E-state index in [1.807, 2.05) is 36.4 Å². The van der Waals surface area contributed by atoms with Gasteiger partial charge in [-0.25, -0.2) is 0 Å². The second-order valence-corrected chi connectivity index (χ2v) is 6.41. The molecule has 0 heterocycles. The molecule has 0 atom stereocenters. The van der Waals surface area contributed by atoms with Crippen molar-refractivity contribution in [2.45, 2.75) is 39.5 Å². The SMILES string of the molecule is CC(C)OCCCNCc1cc(Cl)ccc1OCc1ccccc1. The van der Waals surface area contributed by atoms with Gasteiger partial charge < -0.3 is 14.8 Å². The highest BCUT2D eigenvalue weighted by Crippen LogP contribution is 2.23. The lowest BCUT2D eigenvalue weighted by Gasteiger charge is -2.13. The van der Waals surface area contributed by atoms with Gasteiger partial charge in [-0.15, -0.1) is 0 Å². The Kier molecular flexibility index (Phi) is 8.10. The molecule has 1 N–H and O–H groups in total. The second-order valence-electron chi connectivity index (χ2n) is 5.98. The van der Waals surface area contributed by atoms with E-state index in [-0.39, 0.29) is 6.10 Å². The standard InChI is InChI=1S/C20H26ClNO2/c1-16(2)23-12-6-11-22-14-18-13-19(21)9-10-20(18)24-15-17-7-4-3-5-8-17/h3-5,7-10,13,16,22H,6,11-12,14-15H2,1-2H3. The number of benzene rings is 2. The van der Waals surface area contributed by atoms with Gasteiger partial charge in [-0.3, -0.25) is 0 Å². The van der Waals surface area contributed by atoms with Crippen molar-refractivity contribution in [3.05, 3.63) is 64.7 Å². The second kappa shape index (κ2) is 10.3. The van der Waals surface area contributed by atoms with Crippen LogP contribution in [0.4, 0.5) is 0 Å². The van der Waals surface area contributed by atoms with E-state index in [2.05, 4.69) is 31.3 Å². The number of rotatable bonds is 10. The maximum atomic E-state index is 6.13. The monoisotopic (exact) mass is 347 g/mol. The molecule has 0 unspecified atom stereocenters. The molecule has 130 valence electrons. The molecule has 4 heteroatoms. The fourth-order valence-electron chi connectivity index (χ4n) is 2.30. The van der Waals surface area contributed by atoms with Crippen molar-refractivity contribution in [3.63, 3.8) is 0 Å². The molecular formula is C20H26ClNO2. The molecule has 0 saturated carbocycles. The first kappa shape index (κ1) is 18.8. The molecule has 0 aromatic heterocycles. The van der Waals surface area contributed by atoms with Gasteiger partial charge in [0.15, 0.2) is 0 Å². The Balaban J connectivity index is 1.83. The molecule has 0 aliphatic rings. The molecule has 0 fully saturated rings. The van der Waals surface area contributed by atoms with E-state index in [9.17, 15) is 0 Å². The highest BCUT2D eigenvalue weighted by molar-refractivity contribution is 6.30. The zero-order valence-electron chi connectivity index (χ0n) is 14.4. The third-order valence-electron chi connectivity index (χ3n) is 3.52. The van der Waals surface area contributed by atoms with Crippen molar-refractivity contribution >= 4 is 11.6 Å². The molecule has 2 aromatic carbocycles. The highest BCUT2D eigenvalue weighted by atomic mass is 35.5. The van der Waals surface area contributed by atoms with Crippen LogP contribution in [0.2, 0.25) is 5.02 Å². The zero-order valence-corrected chi connectivity index (χ0v) is 15.2. The first-order valence-corrected chi connectivity index (χ1v) is 8.80. The summed E-state index contributed by atoms with van der Waals surface area (Å²) in [7, 11) is 0. The molecular weight excluding hydrogens is 322 g/mol. The van der Waals surface area contributed by atoms with E-state index < -0.39 is 0 Å². The van der Waals surface area contributed by atoms with Crippen molar-refractivity contribution in [3.8, 4) is 5.75 Å². The van der Waals surface area contributed by atoms with Crippen molar-refractivity contribution in [1.82, 2.24) is 5.32 Å². The Hall–Kier alpha value is -1.55. The topological polar surface area (TPSA) is 30.5 Å². The molecule has 24 heavy (non-hydrogen) atoms. The minimum Gasteiger partial charge on any atom is -0.489 e. The molecule has 0 radical (unpaired) electrons. The number of hydrogen-bond acceptors (Lipinski definition) is 3. The Morgan fingerprint density at radius 1 is 1.08 bits per heavy atom. The van der Waals surface area contributed by atoms with Crippen LogP contribution in [0.5, 0.6) is 5.75 Å². The van der Waals surface area contributed by atoms with Gasteiger partial charge in [0.05, 0.1) is 6.10 Å². The third-order valence-corrected chi connectivity index (χ3v) is 3.76. The van der Waals surface area contributed by atoms with Crippen LogP contribution in [0.1, 0.15) is 31.4 Å². The van der Waals surface area contributed by atoms with E-state index in [1.54, 1.807) is 0 Å². The van der Waals surface area contributed by atoms with Gasteiger partial charge in [0.1, 0.15) is 12.4 Å². The molecule has 0 aliphatic heterocycles. The van der Waals surface area contributed by atoms with Crippen LogP contribution in [0.25, 0.3) is 0 Å². The fourth-order valence-corrected chi connectivity index (χ4v) is 2.50. The third kappa shape index (κ3) is 6.91. The molecule has 0 bridgehead atoms. The predicted octanol–water partition coefficient (Wildman–Crippen LogP) is 4.82. The van der Waals surface area contributed by atoms with Crippen molar-refractivity contribution in [2.75, 3.05) is 13.2 Å². The Morgan fingerprint density at radius 2 is 1.88 bits per heavy atom. The molecule has 0 spiro atoms. The van der Waals surface area contributed by atoms with E-state index in [0.29, 0.717) is 6.61 Å². The van der Waals surface area contributed by atoms with E-state index in [1.165, 1.54) is 0 Å². The Bertz CT molecular complexity index is 602. The van der Waals surface area contributed by atoms with E-state index in [0.717, 1.165) is 48.0 Å². The first-order chi connectivity index (χ1) is 11.6. The van der Waals surface area contributed by atoms with Gasteiger partial charge in [-0.2, -0.15) is 0 Å². The average Bonchev–Trinajstić information content (AvgIpc) is 2.58. The lowest BCUT2D eigenvalue weighted by atomic mass is 10.2. The fraction of sp³-hybridized carbons (Fsp3) is 0.400. The van der Waals surface area contributed by atoms with Gasteiger partial charge in [0, 0.05) is 23.7 Å². The molecule has 0 amide bonds. The van der Waals surface area contributed by atoms with E-state index >= 15 is 0 Å². The quantitative estimate of drug-likeness (QED) is 0.625. The number of nitrogens with one attached hydrogen (secondary N) is 1. The summed E-state index contributed by atoms with van der Waals surface area (Å²) in [5.41, 5.74) is 2.22. The van der Waals surface area contributed by atoms with Crippen LogP contribution < -0.4 is 10.1 Å². The van der Waals surface area contributed by atoms with Crippen LogP contribution >= 0.6 is 11.6 Å². The van der Waals surface area contributed by atoms with Gasteiger partial charge in [-0.1, -0.05) is 41.9 Å². The lowest BCUT2D eigenvalue weighted by Crippen LogP contribution is -2.18. The van der Waals surface area contributed by atoms with Crippen LogP contribution in [0.15, 0.2) is 48.5 Å². The van der Waals surface area contributed by atoms with Gasteiger partial charge in [-0.05, 0) is 50.6 Å². The minimum absolute atomic E-state index is 0.288. The largest absolute Gasteiger partial charge is 0.489 e. The molecule has 2 aromatic rings. The summed E-state index contributed by atoms with van der Waals surface area (Å²) in [4.78, 5) is 0. The van der Waals surface area contributed by atoms with Crippen molar-refractivity contribution in [1.29, 1.82) is 0 Å². The van der Waals surface area contributed by atoms with E-state index in [4.69, 9.17) is 21.1 Å². The van der Waals surface area contributed by atoms with Crippen LogP contribution in [-0.4, -0.2) is 19.3 Å². The normalized spacial score (nSPS) is 11.0. The summed E-state index contributed by atoms with van der Waals surface area (Å²) in [5.74, 6) is 0.870. The smallest absolute Gasteiger partial charge is 0.124 e. The zero-order chi connectivity index (χ0) is 17.2. The van der Waals surface area contributed by atoms with Crippen LogP contribution in [-0.2, 0) is 17.9 Å². The van der Waals surface area contributed by atoms with Gasteiger partial charge in [0.2, 0.25) is 0 Å². The first-order valence-electron chi connectivity index (χ1n) is 8.42. The number of halogens is 1. The Morgan fingerprint density at radius 3 is 2.62 bits per heavy atom. The van der Waals surface area contributed by atoms with Crippen molar-refractivity contribution in [2.24, 2.45) is 0 Å². The van der Waals surface area contributed by atoms with Crippen LogP contribution in [0.3, 0.4) is 0 Å². The summed E-state index contributed by atoms with van der Waals surface area (Å²) >= 11 is 6.13. The molecule has 0 saturated heterocycles. The maximum absolute atomic E-state index is 6.13. The summed E-state index contributed by atoms with van der Waals surface area (Å²) in [5, 5.41) is 4.15. The number of ether oxygens (including phenoxy) is 2. The number of hydrogen-bond donors (Lipinski definition) is 1. The summed E-state index contributed by atoms with van der Waals surface area (Å²) in [6.45, 7) is 7.06. The predicted molar refractivity (Wildman–Crippen MR) is 99.6 cm³/mol. The van der Waals surface area contributed by atoms with Crippen LogP contribution in [0, 0.1) is 0 Å². The summed E-state index contributed by atoms with van der Waals surface area (Å²) < 4.78 is 11.5. The van der Waals surface area contributed by atoms with Gasteiger partial charge in [0.25, 0.3) is 0 Å². The Labute approximate surface area is 149 Å². The lowest BCUT2D eigenvalue weighted by molar-refractivity contribution is 0.0770. The highest BCUT2D eigenvalue weighted by Gasteiger charge is 2.05. The summed E-state index contributed by atoms with van der Waals surface area (Å²) in [6.07, 6.45) is 1.27. The van der Waals surface area contributed by atoms with Gasteiger partial charge >= 0.3 is 0 Å². The molecule has 0 aliphatic carbocycles. The van der Waals surface area contributed by atoms with Crippen molar-refractivity contribution < 1.29 is 9.47 Å². The maximum Gasteiger partial charge on any atom is 0.124 e. The molecule has 2 rings (SSSR count).